The first-order chi connectivity index (χ1) is 36.1. The van der Waals surface area contributed by atoms with Gasteiger partial charge in [0.2, 0.25) is 35.4 Å². The summed E-state index contributed by atoms with van der Waals surface area (Å²) in [7, 11) is 6.40. The molecule has 4 aromatic rings. The van der Waals surface area contributed by atoms with E-state index < -0.39 is 47.1 Å². The third-order valence-electron chi connectivity index (χ3n) is 15.0. The molecule has 24 heteroatoms. The van der Waals surface area contributed by atoms with E-state index in [1.807, 2.05) is 41.5 Å². The van der Waals surface area contributed by atoms with Crippen LogP contribution in [0.15, 0.2) is 36.9 Å². The molecule has 7 rings (SSSR count). The van der Waals surface area contributed by atoms with Crippen LogP contribution in [0.4, 0.5) is 23.0 Å². The average molecular weight is 1120 g/mol. The molecule has 2 saturated heterocycles. The van der Waals surface area contributed by atoms with Crippen LogP contribution in [0.25, 0.3) is 21.8 Å². The van der Waals surface area contributed by atoms with Crippen LogP contribution in [-0.4, -0.2) is 155 Å². The highest BCUT2D eigenvalue weighted by atomic mass is 35.5. The molecule has 0 spiro atoms. The molecule has 2 aromatic carbocycles. The number of rotatable bonds is 18. The molecule has 0 bridgehead atoms. The van der Waals surface area contributed by atoms with Crippen LogP contribution in [0.3, 0.4) is 0 Å². The number of aromatic nitrogens is 4. The van der Waals surface area contributed by atoms with Gasteiger partial charge in [0.25, 0.3) is 0 Å². The predicted octanol–water partition coefficient (Wildman–Crippen LogP) is 5.41. The molecule has 0 radical (unpaired) electrons. The lowest BCUT2D eigenvalue weighted by Crippen LogP contribution is -2.59. The molecule has 4 heterocycles. The van der Waals surface area contributed by atoms with Crippen molar-refractivity contribution in [1.82, 2.24) is 51.0 Å². The number of likely N-dealkylation sites (N-methyl/N-ethyl adjacent to an activating group) is 2. The minimum absolute atomic E-state index is 0. The number of nitrogens with one attached hydrogen (secondary N) is 8. The van der Waals surface area contributed by atoms with Gasteiger partial charge in [0.05, 0.1) is 48.7 Å². The molecule has 3 aliphatic rings. The van der Waals surface area contributed by atoms with Crippen LogP contribution in [0, 0.1) is 10.8 Å². The Morgan fingerprint density at radius 2 is 0.923 bits per heavy atom. The fourth-order valence-corrected chi connectivity index (χ4v) is 10.2. The maximum atomic E-state index is 14.1. The standard InChI is InChI=1S/C54H78N14O8.2ClH/c1-29(55-9)47(69)65-43(53(3,4)5)51(73)67-21-13-15-39(67)49(71)63-37-23-33-35(25-41(37)75-11)57-27-59-45(33)61-31-17-19-32(20-18-31)62-46-34-24-38(42(76-12)26-36(34)58-28-60-46)64-50(72)40-16-14-22-68(40)52(74)44(54(6,7)8)66-48(70)30(2)56-10;;/h23-32,39-40,43-44,55-56H,13-22H2,1-12H3,(H,63,71)(H,64,72)(H,65,69)(H,66,70)(H,57,59,61)(H,58,60,62);2*1H/t29-,30-,31?,32?,39-,40+,43+,44+;;/m0../s1. The summed E-state index contributed by atoms with van der Waals surface area (Å²) >= 11 is 0. The second-order valence-electron chi connectivity index (χ2n) is 22.4. The molecular weight excluding hydrogens is 1040 g/mol. The van der Waals surface area contributed by atoms with Gasteiger partial charge in [-0.05, 0) is 102 Å². The topological polar surface area (TPSA) is 275 Å². The molecule has 2 aliphatic heterocycles. The summed E-state index contributed by atoms with van der Waals surface area (Å²) < 4.78 is 11.5. The Morgan fingerprint density at radius 1 is 0.564 bits per heavy atom. The van der Waals surface area contributed by atoms with Crippen LogP contribution in [0.1, 0.15) is 107 Å². The van der Waals surface area contributed by atoms with Crippen molar-refractivity contribution in [3.63, 3.8) is 0 Å². The van der Waals surface area contributed by atoms with Crippen LogP contribution in [-0.2, 0) is 28.8 Å². The number of nitrogens with zero attached hydrogens (tertiary/aromatic N) is 6. The summed E-state index contributed by atoms with van der Waals surface area (Å²) in [6.07, 6.45) is 8.35. The van der Waals surface area contributed by atoms with Gasteiger partial charge in [0, 0.05) is 48.1 Å². The third kappa shape index (κ3) is 14.3. The number of likely N-dealkylation sites (tertiary alicyclic amines) is 2. The molecule has 78 heavy (non-hydrogen) atoms. The number of hydrogen-bond donors (Lipinski definition) is 8. The van der Waals surface area contributed by atoms with E-state index in [-0.39, 0.29) is 72.3 Å². The first-order valence-corrected chi connectivity index (χ1v) is 26.4. The van der Waals surface area contributed by atoms with Gasteiger partial charge in [-0.2, -0.15) is 0 Å². The second kappa shape index (κ2) is 26.5. The van der Waals surface area contributed by atoms with Gasteiger partial charge in [0.1, 0.15) is 60.0 Å². The summed E-state index contributed by atoms with van der Waals surface area (Å²) in [5.74, 6) is 0.0670. The van der Waals surface area contributed by atoms with Gasteiger partial charge in [-0.3, -0.25) is 28.8 Å². The number of fused-ring (bicyclic) bond motifs is 2. The SMILES string of the molecule is CN[C@@H](C)C(=O)N[C@H](C(=O)N1CCC[C@@H]1C(=O)Nc1cc2c(NC3CCC(Nc4ncnc5cc(OC)c(NC(=O)[C@@H]6CCCN6C(=O)[C@@H](NC(=O)[C@H](C)NC)C(C)(C)C)cc45)CC3)ncnc2cc1OC)C(C)(C)C.Cl.Cl. The van der Waals surface area contributed by atoms with Gasteiger partial charge in [-0.1, -0.05) is 41.5 Å². The molecular formula is C54H80Cl2N14O8. The Bertz CT molecular complexity index is 2620. The van der Waals surface area contributed by atoms with E-state index in [0.29, 0.717) is 95.1 Å². The number of methoxy groups -OCH3 is 2. The summed E-state index contributed by atoms with van der Waals surface area (Å²) in [6, 6.07) is 3.01. The van der Waals surface area contributed by atoms with Gasteiger partial charge in [0.15, 0.2) is 0 Å². The minimum atomic E-state index is -0.846. The molecule has 2 aromatic heterocycles. The van der Waals surface area contributed by atoms with Crippen LogP contribution >= 0.6 is 24.8 Å². The number of carbonyl (C=O) groups is 6. The fourth-order valence-electron chi connectivity index (χ4n) is 10.2. The lowest BCUT2D eigenvalue weighted by atomic mass is 9.85. The van der Waals surface area contributed by atoms with Crippen LogP contribution in [0.5, 0.6) is 11.5 Å². The normalized spacial score (nSPS) is 20.0. The Labute approximate surface area is 469 Å². The molecule has 1 aliphatic carbocycles. The van der Waals surface area contributed by atoms with Crippen molar-refractivity contribution in [3.8, 4) is 11.5 Å². The molecule has 0 unspecified atom stereocenters. The third-order valence-corrected chi connectivity index (χ3v) is 15.0. The quantitative estimate of drug-likeness (QED) is 0.0619. The molecule has 8 N–H and O–H groups in total. The number of hydrogen-bond acceptors (Lipinski definition) is 16. The monoisotopic (exact) mass is 1120 g/mol. The highest BCUT2D eigenvalue weighted by Crippen LogP contribution is 2.37. The maximum Gasteiger partial charge on any atom is 0.247 e. The van der Waals surface area contributed by atoms with E-state index >= 15 is 0 Å². The van der Waals surface area contributed by atoms with Gasteiger partial charge in [-0.25, -0.2) is 19.9 Å². The molecule has 1 saturated carbocycles. The van der Waals surface area contributed by atoms with E-state index in [1.165, 1.54) is 26.9 Å². The lowest BCUT2D eigenvalue weighted by molar-refractivity contribution is -0.143. The van der Waals surface area contributed by atoms with Crippen molar-refractivity contribution >= 4 is 105 Å². The number of halogens is 2. The molecule has 6 amide bonds. The highest BCUT2D eigenvalue weighted by Gasteiger charge is 2.44. The van der Waals surface area contributed by atoms with E-state index in [2.05, 4.69) is 62.5 Å². The smallest absolute Gasteiger partial charge is 0.247 e. The van der Waals surface area contributed by atoms with Crippen LogP contribution < -0.4 is 52.0 Å². The van der Waals surface area contributed by atoms with Gasteiger partial charge < -0.3 is 61.8 Å². The van der Waals surface area contributed by atoms with Crippen molar-refractivity contribution in [2.75, 3.05) is 62.7 Å². The average Bonchev–Trinajstić information content (AvgIpc) is 4.17. The molecule has 3 fully saturated rings. The largest absolute Gasteiger partial charge is 0.494 e. The van der Waals surface area contributed by atoms with Crippen molar-refractivity contribution in [2.24, 2.45) is 10.8 Å². The zero-order valence-electron chi connectivity index (χ0n) is 46.9. The zero-order valence-corrected chi connectivity index (χ0v) is 48.6. The van der Waals surface area contributed by atoms with Gasteiger partial charge >= 0.3 is 0 Å². The number of ether oxygens (including phenoxy) is 2. The van der Waals surface area contributed by atoms with Crippen molar-refractivity contribution in [1.29, 1.82) is 0 Å². The molecule has 428 valence electrons. The van der Waals surface area contributed by atoms with Gasteiger partial charge in [-0.15, -0.1) is 24.8 Å². The highest BCUT2D eigenvalue weighted by molar-refractivity contribution is 6.04. The van der Waals surface area contributed by atoms with E-state index in [4.69, 9.17) is 9.47 Å². The lowest BCUT2D eigenvalue weighted by Gasteiger charge is -2.36. The second-order valence-corrected chi connectivity index (χ2v) is 22.4. The number of anilines is 4. The summed E-state index contributed by atoms with van der Waals surface area (Å²) in [5, 5.41) is 26.4. The number of benzene rings is 2. The minimum Gasteiger partial charge on any atom is -0.494 e. The number of amides is 6. The zero-order chi connectivity index (χ0) is 55.2. The fraction of sp³-hybridized carbons (Fsp3) is 0.593. The van der Waals surface area contributed by atoms with E-state index in [9.17, 15) is 28.8 Å². The Kier molecular flexibility index (Phi) is 21.3. The molecule has 22 nitrogen and oxygen atoms in total. The van der Waals surface area contributed by atoms with Crippen molar-refractivity contribution < 1.29 is 38.2 Å². The van der Waals surface area contributed by atoms with E-state index in [1.54, 1.807) is 62.0 Å². The predicted molar refractivity (Wildman–Crippen MR) is 307 cm³/mol. The Balaban J connectivity index is 0.00000560. The van der Waals surface area contributed by atoms with Crippen molar-refractivity contribution in [2.45, 2.75) is 155 Å². The maximum absolute atomic E-state index is 14.1. The van der Waals surface area contributed by atoms with Crippen molar-refractivity contribution in [3.05, 3.63) is 36.9 Å². The summed E-state index contributed by atoms with van der Waals surface area (Å²) in [6.45, 7) is 15.5. The summed E-state index contributed by atoms with van der Waals surface area (Å²) in [4.78, 5) is 104. The first-order valence-electron chi connectivity index (χ1n) is 26.4. The first kappa shape index (κ1) is 62.5. The van der Waals surface area contributed by atoms with E-state index in [0.717, 1.165) is 25.7 Å². The summed E-state index contributed by atoms with van der Waals surface area (Å²) in [5.41, 5.74) is 0.823. The van der Waals surface area contributed by atoms with Crippen LogP contribution in [0.2, 0.25) is 0 Å². The molecule has 6 atom stereocenters. The Morgan fingerprint density at radius 3 is 1.24 bits per heavy atom. The number of carbonyl (C=O) groups excluding carboxylic acids is 6. The Hall–Kier alpha value is -6.36.